The molecule has 0 unspecified atom stereocenters. The van der Waals surface area contributed by atoms with E-state index in [0.717, 1.165) is 32.1 Å². The molecule has 0 radical (unpaired) electrons. The van der Waals surface area contributed by atoms with Gasteiger partial charge in [-0.05, 0) is 79.7 Å². The zero-order valence-corrected chi connectivity index (χ0v) is 22.7. The van der Waals surface area contributed by atoms with Crippen LogP contribution in [0.3, 0.4) is 0 Å². The van der Waals surface area contributed by atoms with Gasteiger partial charge in [-0.1, -0.05) is 82.3 Å². The SMILES string of the molecule is C.C.CCC1=C[C@@H]2[C@H](C1)C[C@]2(C#N)CC(=O)O.CCC1=C[C@@H]2[C@H](C1)C[C@]2(CN)CC(=O)O.NCc1ccccc1. The first-order valence-corrected chi connectivity index (χ1v) is 13.8. The monoisotopic (exact) mass is 553 g/mol. The summed E-state index contributed by atoms with van der Waals surface area (Å²) in [5.74, 6) is 0.300. The van der Waals surface area contributed by atoms with E-state index in [9.17, 15) is 9.59 Å². The summed E-state index contributed by atoms with van der Waals surface area (Å²) >= 11 is 0. The van der Waals surface area contributed by atoms with Crippen LogP contribution in [-0.2, 0) is 16.1 Å². The smallest absolute Gasteiger partial charge is 0.304 e. The Bertz CT molecular complexity index is 1090. The summed E-state index contributed by atoms with van der Waals surface area (Å²) < 4.78 is 0. The molecule has 0 heterocycles. The Morgan fingerprint density at radius 2 is 1.43 bits per heavy atom. The Morgan fingerprint density at radius 3 is 1.85 bits per heavy atom. The van der Waals surface area contributed by atoms with E-state index in [-0.39, 0.29) is 39.0 Å². The average Bonchev–Trinajstić information content (AvgIpc) is 3.44. The molecule has 222 valence electrons. The second-order valence-corrected chi connectivity index (χ2v) is 11.4. The van der Waals surface area contributed by atoms with Crippen LogP contribution in [0.2, 0.25) is 0 Å². The number of hydrogen-bond donors (Lipinski definition) is 4. The van der Waals surface area contributed by atoms with E-state index in [0.29, 0.717) is 30.8 Å². The molecule has 0 aliphatic heterocycles. The number of rotatable bonds is 8. The maximum atomic E-state index is 10.8. The molecule has 5 rings (SSSR count). The fourth-order valence-electron chi connectivity index (χ4n) is 7.01. The maximum Gasteiger partial charge on any atom is 0.304 e. The Kier molecular flexibility index (Phi) is 13.3. The van der Waals surface area contributed by atoms with E-state index < -0.39 is 17.4 Å². The first-order chi connectivity index (χ1) is 18.2. The van der Waals surface area contributed by atoms with Crippen LogP contribution >= 0.6 is 0 Å². The molecular formula is C33H51N3O4. The number of nitriles is 1. The zero-order chi connectivity index (χ0) is 27.9. The highest BCUT2D eigenvalue weighted by Crippen LogP contribution is 2.60. The van der Waals surface area contributed by atoms with Crippen LogP contribution < -0.4 is 11.5 Å². The van der Waals surface area contributed by atoms with E-state index in [4.69, 9.17) is 26.9 Å². The third-order valence-corrected chi connectivity index (χ3v) is 9.12. The second-order valence-electron chi connectivity index (χ2n) is 11.4. The van der Waals surface area contributed by atoms with Crippen molar-refractivity contribution in [3.05, 3.63) is 59.2 Å². The number of carboxylic acid groups (broad SMARTS) is 2. The highest BCUT2D eigenvalue weighted by molar-refractivity contribution is 5.69. The average molecular weight is 554 g/mol. The van der Waals surface area contributed by atoms with E-state index in [2.05, 4.69) is 32.1 Å². The molecule has 0 aromatic heterocycles. The minimum Gasteiger partial charge on any atom is -0.481 e. The van der Waals surface area contributed by atoms with Gasteiger partial charge in [0.2, 0.25) is 0 Å². The number of fused-ring (bicyclic) bond motifs is 2. The highest BCUT2D eigenvalue weighted by Gasteiger charge is 2.56. The van der Waals surface area contributed by atoms with Gasteiger partial charge in [-0.25, -0.2) is 0 Å². The summed E-state index contributed by atoms with van der Waals surface area (Å²) in [6, 6.07) is 12.2. The lowest BCUT2D eigenvalue weighted by Gasteiger charge is -2.51. The molecular weight excluding hydrogens is 502 g/mol. The molecule has 6 N–H and O–H groups in total. The molecule has 0 amide bonds. The number of carboxylic acids is 2. The number of hydrogen-bond acceptors (Lipinski definition) is 5. The topological polar surface area (TPSA) is 150 Å². The van der Waals surface area contributed by atoms with Gasteiger partial charge >= 0.3 is 11.9 Å². The van der Waals surface area contributed by atoms with Gasteiger partial charge in [-0.15, -0.1) is 0 Å². The van der Waals surface area contributed by atoms with Crippen molar-refractivity contribution in [1.82, 2.24) is 0 Å². The van der Waals surface area contributed by atoms with Crippen molar-refractivity contribution < 1.29 is 19.8 Å². The van der Waals surface area contributed by atoms with E-state index >= 15 is 0 Å². The molecule has 2 fully saturated rings. The van der Waals surface area contributed by atoms with Crippen LogP contribution in [0.1, 0.15) is 85.6 Å². The predicted octanol–water partition coefficient (Wildman–Crippen LogP) is 6.55. The summed E-state index contributed by atoms with van der Waals surface area (Å²) in [6.07, 6.45) is 10.8. The highest BCUT2D eigenvalue weighted by atomic mass is 16.4. The Labute approximate surface area is 241 Å². The molecule has 0 spiro atoms. The Morgan fingerprint density at radius 1 is 0.900 bits per heavy atom. The van der Waals surface area contributed by atoms with Crippen molar-refractivity contribution in [3.63, 3.8) is 0 Å². The molecule has 4 aliphatic carbocycles. The Hall–Kier alpha value is -2.95. The van der Waals surface area contributed by atoms with Gasteiger partial charge in [-0.3, -0.25) is 9.59 Å². The normalized spacial score (nSPS) is 30.2. The summed E-state index contributed by atoms with van der Waals surface area (Å²) in [6.45, 7) is 5.43. The molecule has 1 aromatic carbocycles. The summed E-state index contributed by atoms with van der Waals surface area (Å²) in [4.78, 5) is 21.6. The molecule has 0 saturated heterocycles. The molecule has 7 heteroatoms. The number of benzene rings is 1. The lowest BCUT2D eigenvalue weighted by Crippen LogP contribution is -2.51. The second kappa shape index (κ2) is 15.2. The fraction of sp³-hybridized carbons (Fsp3) is 0.606. The fourth-order valence-corrected chi connectivity index (χ4v) is 7.01. The molecule has 0 bridgehead atoms. The van der Waals surface area contributed by atoms with Gasteiger partial charge in [0.05, 0.1) is 24.3 Å². The molecule has 7 nitrogen and oxygen atoms in total. The van der Waals surface area contributed by atoms with Gasteiger partial charge in [0.25, 0.3) is 0 Å². The van der Waals surface area contributed by atoms with E-state index in [1.54, 1.807) is 0 Å². The van der Waals surface area contributed by atoms with Gasteiger partial charge in [0, 0.05) is 6.54 Å². The third-order valence-electron chi connectivity index (χ3n) is 9.12. The van der Waals surface area contributed by atoms with Crippen LogP contribution in [0.15, 0.2) is 53.6 Å². The number of allylic oxidation sites excluding steroid dienone is 4. The van der Waals surface area contributed by atoms with Crippen molar-refractivity contribution in [2.75, 3.05) is 6.54 Å². The van der Waals surface area contributed by atoms with Crippen molar-refractivity contribution in [3.8, 4) is 6.07 Å². The van der Waals surface area contributed by atoms with E-state index in [1.165, 1.54) is 23.1 Å². The van der Waals surface area contributed by atoms with Crippen LogP contribution in [0.5, 0.6) is 0 Å². The largest absolute Gasteiger partial charge is 0.481 e. The Balaban J connectivity index is 0.000000306. The molecule has 4 aliphatic rings. The quantitative estimate of drug-likeness (QED) is 0.267. The molecule has 1 aromatic rings. The number of aliphatic carboxylic acids is 2. The van der Waals surface area contributed by atoms with Crippen LogP contribution in [0, 0.1) is 45.8 Å². The standard InChI is InChI=1S/C12H19NO2.C12H15NO2.C7H9N.2CH4/c2*1-2-8-3-9-5-12(7-13,6-11(14)15)10(9)4-8;8-6-7-4-2-1-3-5-7;;/h4,9-10H,2-3,5-7,13H2,1H3,(H,14,15);4,9-10H,2-3,5-6H2,1H3,(H,14,15);1-5H,6,8H2;2*1H4/t2*9-,10-,12-;;;/m11.../s1. The van der Waals surface area contributed by atoms with Crippen molar-refractivity contribution >= 4 is 11.9 Å². The first-order valence-electron chi connectivity index (χ1n) is 13.8. The summed E-state index contributed by atoms with van der Waals surface area (Å²) in [7, 11) is 0. The maximum absolute atomic E-state index is 10.8. The number of carbonyl (C=O) groups is 2. The van der Waals surface area contributed by atoms with Crippen molar-refractivity contribution in [2.45, 2.75) is 86.6 Å². The summed E-state index contributed by atoms with van der Waals surface area (Å²) in [5, 5.41) is 26.9. The number of nitrogens with zero attached hydrogens (tertiary/aromatic N) is 1. The lowest BCUT2D eigenvalue weighted by molar-refractivity contribution is -0.144. The first kappa shape index (κ1) is 35.1. The van der Waals surface area contributed by atoms with E-state index in [1.807, 2.05) is 30.3 Å². The minimum absolute atomic E-state index is 0. The van der Waals surface area contributed by atoms with Crippen molar-refractivity contribution in [1.29, 1.82) is 5.26 Å². The number of nitrogens with two attached hydrogens (primary N) is 2. The van der Waals surface area contributed by atoms with Gasteiger partial charge in [0.15, 0.2) is 0 Å². The minimum atomic E-state index is -0.853. The van der Waals surface area contributed by atoms with Gasteiger partial charge in [0.1, 0.15) is 0 Å². The molecule has 6 atom stereocenters. The van der Waals surface area contributed by atoms with Crippen molar-refractivity contribution in [2.24, 2.45) is 46.0 Å². The zero-order valence-electron chi connectivity index (χ0n) is 22.7. The van der Waals surface area contributed by atoms with Crippen LogP contribution in [0.4, 0.5) is 0 Å². The lowest BCUT2D eigenvalue weighted by atomic mass is 9.53. The van der Waals surface area contributed by atoms with Gasteiger partial charge in [-0.2, -0.15) is 5.26 Å². The van der Waals surface area contributed by atoms with Crippen LogP contribution in [-0.4, -0.2) is 28.7 Å². The van der Waals surface area contributed by atoms with Gasteiger partial charge < -0.3 is 21.7 Å². The molecule has 2 saturated carbocycles. The predicted molar refractivity (Wildman–Crippen MR) is 161 cm³/mol. The molecule has 40 heavy (non-hydrogen) atoms. The summed E-state index contributed by atoms with van der Waals surface area (Å²) in [5.41, 5.74) is 14.5. The third kappa shape index (κ3) is 7.62. The van der Waals surface area contributed by atoms with Crippen LogP contribution in [0.25, 0.3) is 0 Å².